The maximum absolute atomic E-state index is 13.0. The molecule has 0 unspecified atom stereocenters. The molecule has 334 valence electrons. The molecule has 0 aromatic heterocycles. The number of allylic oxidation sites excluding steroid dienone is 4. The number of rotatable bonds is 41. The van der Waals surface area contributed by atoms with E-state index in [1.165, 1.54) is 147 Å². The molecule has 9 heteroatoms. The van der Waals surface area contributed by atoms with Crippen molar-refractivity contribution in [2.24, 2.45) is 0 Å². The molecule has 0 radical (unpaired) electrons. The van der Waals surface area contributed by atoms with Gasteiger partial charge in [0.25, 0.3) is 0 Å². The molecule has 0 fully saturated rings. The second kappa shape index (κ2) is 42.5. The van der Waals surface area contributed by atoms with Gasteiger partial charge in [-0.2, -0.15) is 0 Å². The molecule has 0 bridgehead atoms. The molecule has 0 aliphatic carbocycles. The van der Waals surface area contributed by atoms with Gasteiger partial charge in [0.05, 0.1) is 29.2 Å². The fraction of sp³-hybridized carbons (Fsp3) is 0.760. The van der Waals surface area contributed by atoms with Crippen molar-refractivity contribution in [3.8, 4) is 0 Å². The van der Waals surface area contributed by atoms with Crippen molar-refractivity contribution in [3.05, 3.63) is 53.6 Å². The minimum absolute atomic E-state index is 0. The van der Waals surface area contributed by atoms with Crippen LogP contribution >= 0.6 is 0 Å². The molecule has 0 heterocycles. The standard InChI is InChI=1S/C50H86O7S.K/c1-3-5-7-9-11-13-15-17-19-21-23-25-27-29-31-33-35-37-39-43-56-49(51)47-42-41-46(58(53,54)55)45-48(47)50(52)57-44-40-38-36-34-32-30-28-26-24-22-20-18-16-14-12-10-8-6-4-2;/h25-28,41-42,45H,3-24,29-40,43-44H2,1-2H3,(H,53,54,55);/q;+1/p-1/b27-25+,28-26+;. The van der Waals surface area contributed by atoms with Gasteiger partial charge in [-0.1, -0.05) is 192 Å². The zero-order valence-electron chi connectivity index (χ0n) is 38.3. The molecule has 0 saturated heterocycles. The first kappa shape index (κ1) is 58.2. The van der Waals surface area contributed by atoms with Crippen LogP contribution in [-0.4, -0.2) is 38.1 Å². The molecule has 0 aliphatic rings. The van der Waals surface area contributed by atoms with Crippen LogP contribution in [0.3, 0.4) is 0 Å². The van der Waals surface area contributed by atoms with Crippen molar-refractivity contribution < 1.29 is 83.4 Å². The molecule has 7 nitrogen and oxygen atoms in total. The van der Waals surface area contributed by atoms with Gasteiger partial charge in [0.15, 0.2) is 0 Å². The Morgan fingerprint density at radius 3 is 1.07 bits per heavy atom. The topological polar surface area (TPSA) is 110 Å². The van der Waals surface area contributed by atoms with E-state index in [1.54, 1.807) is 0 Å². The van der Waals surface area contributed by atoms with Gasteiger partial charge in [0.2, 0.25) is 0 Å². The molecule has 0 amide bonds. The van der Waals surface area contributed by atoms with Gasteiger partial charge in [0, 0.05) is 0 Å². The summed E-state index contributed by atoms with van der Waals surface area (Å²) in [6.45, 7) is 4.88. The third kappa shape index (κ3) is 35.4. The first-order valence-corrected chi connectivity index (χ1v) is 25.5. The summed E-state index contributed by atoms with van der Waals surface area (Å²) in [5, 5.41) is 0. The minimum atomic E-state index is -4.82. The Bertz CT molecular complexity index is 1310. The zero-order valence-corrected chi connectivity index (χ0v) is 42.2. The average molecular weight is 869 g/mol. The van der Waals surface area contributed by atoms with E-state index in [0.29, 0.717) is 12.8 Å². The fourth-order valence-corrected chi connectivity index (χ4v) is 7.77. The molecule has 0 saturated carbocycles. The van der Waals surface area contributed by atoms with Crippen LogP contribution < -0.4 is 51.4 Å². The Labute approximate surface area is 405 Å². The van der Waals surface area contributed by atoms with Crippen LogP contribution in [-0.2, 0) is 19.6 Å². The van der Waals surface area contributed by atoms with E-state index in [1.807, 2.05) is 0 Å². The molecule has 0 aliphatic heterocycles. The van der Waals surface area contributed by atoms with Crippen molar-refractivity contribution in [1.29, 1.82) is 0 Å². The number of ether oxygens (including phenoxy) is 2. The van der Waals surface area contributed by atoms with E-state index >= 15 is 0 Å². The van der Waals surface area contributed by atoms with Crippen molar-refractivity contribution in [2.45, 2.75) is 237 Å². The molecule has 1 aromatic rings. The summed E-state index contributed by atoms with van der Waals surface area (Å²) in [4.78, 5) is 25.3. The normalized spacial score (nSPS) is 11.7. The van der Waals surface area contributed by atoms with Crippen LogP contribution in [0.1, 0.15) is 253 Å². The van der Waals surface area contributed by atoms with Crippen molar-refractivity contribution >= 4 is 22.1 Å². The molecule has 59 heavy (non-hydrogen) atoms. The third-order valence-electron chi connectivity index (χ3n) is 11.0. The predicted molar refractivity (Wildman–Crippen MR) is 242 cm³/mol. The summed E-state index contributed by atoms with van der Waals surface area (Å²) in [5.74, 6) is -1.56. The molecule has 0 spiro atoms. The quantitative estimate of drug-likeness (QED) is 0.0212. The average Bonchev–Trinajstić information content (AvgIpc) is 3.21. The van der Waals surface area contributed by atoms with Gasteiger partial charge in [-0.15, -0.1) is 0 Å². The van der Waals surface area contributed by atoms with Gasteiger partial charge >= 0.3 is 63.3 Å². The Hall–Kier alpha value is -0.814. The van der Waals surface area contributed by atoms with E-state index < -0.39 is 27.0 Å². The monoisotopic (exact) mass is 869 g/mol. The maximum Gasteiger partial charge on any atom is 1.00 e. The van der Waals surface area contributed by atoms with Gasteiger partial charge < -0.3 is 14.0 Å². The second-order valence-corrected chi connectivity index (χ2v) is 17.8. The zero-order chi connectivity index (χ0) is 42.2. The number of hydrogen-bond acceptors (Lipinski definition) is 7. The summed E-state index contributed by atoms with van der Waals surface area (Å²) in [6.07, 6.45) is 50.8. The van der Waals surface area contributed by atoms with Gasteiger partial charge in [-0.05, 0) is 82.4 Å². The smallest absolute Gasteiger partial charge is 0.744 e. The van der Waals surface area contributed by atoms with Crippen LogP contribution in [0.25, 0.3) is 0 Å². The van der Waals surface area contributed by atoms with Crippen LogP contribution in [0.2, 0.25) is 0 Å². The second-order valence-electron chi connectivity index (χ2n) is 16.4. The summed E-state index contributed by atoms with van der Waals surface area (Å²) in [7, 11) is -4.82. The van der Waals surface area contributed by atoms with Crippen LogP contribution in [0, 0.1) is 0 Å². The Kier molecular flexibility index (Phi) is 41.9. The molecular formula is C50H85KO7S. The first-order chi connectivity index (χ1) is 28.3. The van der Waals surface area contributed by atoms with E-state index in [9.17, 15) is 22.6 Å². The van der Waals surface area contributed by atoms with E-state index in [2.05, 4.69) is 38.2 Å². The molecule has 1 aromatic carbocycles. The number of unbranched alkanes of at least 4 members (excludes halogenated alkanes) is 30. The number of carbonyl (C=O) groups is 2. The van der Waals surface area contributed by atoms with Crippen molar-refractivity contribution in [1.82, 2.24) is 0 Å². The molecule has 0 N–H and O–H groups in total. The van der Waals surface area contributed by atoms with Crippen molar-refractivity contribution in [3.63, 3.8) is 0 Å². The summed E-state index contributed by atoms with van der Waals surface area (Å²) < 4.78 is 45.9. The Morgan fingerprint density at radius 2 is 0.746 bits per heavy atom. The molecule has 0 atom stereocenters. The third-order valence-corrected chi connectivity index (χ3v) is 11.8. The van der Waals surface area contributed by atoms with Gasteiger partial charge in [-0.3, -0.25) is 0 Å². The van der Waals surface area contributed by atoms with E-state index in [-0.39, 0.29) is 75.7 Å². The predicted octanol–water partition coefficient (Wildman–Crippen LogP) is 12.3. The van der Waals surface area contributed by atoms with Gasteiger partial charge in [-0.25, -0.2) is 18.0 Å². The number of benzene rings is 1. The largest absolute Gasteiger partial charge is 1.00 e. The van der Waals surface area contributed by atoms with Crippen LogP contribution in [0.15, 0.2) is 47.4 Å². The van der Waals surface area contributed by atoms with E-state index in [0.717, 1.165) is 76.3 Å². The summed E-state index contributed by atoms with van der Waals surface area (Å²) in [5.41, 5.74) is -0.351. The number of esters is 2. The Morgan fingerprint density at radius 1 is 0.458 bits per heavy atom. The number of carbonyl (C=O) groups excluding carboxylic acids is 2. The summed E-state index contributed by atoms with van der Waals surface area (Å²) in [6, 6.07) is 3.13. The SMILES string of the molecule is CCCCCCCCCCCC/C=C/CCCCCCCOC(=O)c1ccc(S(=O)(=O)[O-])cc1C(=O)OCCCCCCC/C=C/CCCCCCCCCCCC.[K+]. The Balaban J connectivity index is 0.0000336. The minimum Gasteiger partial charge on any atom is -0.744 e. The van der Waals surface area contributed by atoms with Crippen LogP contribution in [0.5, 0.6) is 0 Å². The number of hydrogen-bond donors (Lipinski definition) is 0. The van der Waals surface area contributed by atoms with E-state index in [4.69, 9.17) is 9.47 Å². The van der Waals surface area contributed by atoms with Gasteiger partial charge in [0.1, 0.15) is 10.1 Å². The maximum atomic E-state index is 13.0. The van der Waals surface area contributed by atoms with Crippen molar-refractivity contribution in [2.75, 3.05) is 13.2 Å². The molecular weight excluding hydrogens is 784 g/mol. The summed E-state index contributed by atoms with van der Waals surface area (Å²) >= 11 is 0. The van der Waals surface area contributed by atoms with Crippen LogP contribution in [0.4, 0.5) is 0 Å². The first-order valence-electron chi connectivity index (χ1n) is 24.0. The molecule has 1 rings (SSSR count). The fourth-order valence-electron chi connectivity index (χ4n) is 7.27.